The minimum absolute atomic E-state index is 0.116. The van der Waals surface area contributed by atoms with E-state index in [0.717, 1.165) is 99.9 Å². The highest BCUT2D eigenvalue weighted by atomic mass is 16.4. The third-order valence-electron chi connectivity index (χ3n) is 10.00. The molecule has 0 fully saturated rings. The van der Waals surface area contributed by atoms with Crippen molar-refractivity contribution in [2.75, 3.05) is 34.8 Å². The predicted octanol–water partition coefficient (Wildman–Crippen LogP) is 6.97. The standard InChI is InChI=1S/C23H20N6O.C14H14N4O2.C9H8N2/c30-21(27-16-10-9-15-5-4-12-25-20(15)13-16)14-26-22-17-6-3-8-18(17)28-23(29-22)19-7-1-2-11-24-19;19-12(20)8-16-13-9-4-3-6-10(9)17-14(18-13)11-5-1-2-7-15-11;10-8-4-3-7-2-1-5-11-9(7)6-8/h1-2,4-5,7,9-13H,3,6,8,14H2,(H,27,30)(H,26,28,29);1-2,5,7H,3-4,6,8H2,(H,19,20)(H,16,17,18);1-6H,10H2. The van der Waals surface area contributed by atoms with Crippen LogP contribution in [0.5, 0.6) is 0 Å². The second kappa shape index (κ2) is 18.8. The Hall–Kier alpha value is -7.94. The third-order valence-corrected chi connectivity index (χ3v) is 10.00. The van der Waals surface area contributed by atoms with Crippen molar-refractivity contribution in [2.45, 2.75) is 38.5 Å². The van der Waals surface area contributed by atoms with Gasteiger partial charge in [0.15, 0.2) is 11.6 Å². The molecule has 8 aromatic rings. The Kier molecular flexibility index (Phi) is 12.3. The molecule has 0 spiro atoms. The fourth-order valence-electron chi connectivity index (χ4n) is 7.13. The van der Waals surface area contributed by atoms with Crippen molar-refractivity contribution < 1.29 is 14.7 Å². The van der Waals surface area contributed by atoms with Crippen LogP contribution in [-0.2, 0) is 35.3 Å². The van der Waals surface area contributed by atoms with Crippen LogP contribution in [0.3, 0.4) is 0 Å². The first-order valence-corrected chi connectivity index (χ1v) is 19.9. The number of nitrogen functional groups attached to an aromatic ring is 1. The summed E-state index contributed by atoms with van der Waals surface area (Å²) in [4.78, 5) is 58.7. The van der Waals surface area contributed by atoms with Crippen molar-refractivity contribution in [3.8, 4) is 23.0 Å². The number of nitrogens with zero attached hydrogens (tertiary/aromatic N) is 8. The van der Waals surface area contributed by atoms with Gasteiger partial charge in [0.25, 0.3) is 0 Å². The molecule has 0 saturated carbocycles. The van der Waals surface area contributed by atoms with E-state index in [0.29, 0.717) is 29.0 Å². The second-order valence-corrected chi connectivity index (χ2v) is 14.3. The van der Waals surface area contributed by atoms with Gasteiger partial charge in [-0.1, -0.05) is 36.4 Å². The lowest BCUT2D eigenvalue weighted by Crippen LogP contribution is -2.23. The molecule has 6 aromatic heterocycles. The molecule has 304 valence electrons. The molecular formula is C46H42N12O3. The van der Waals surface area contributed by atoms with Crippen molar-refractivity contribution in [1.82, 2.24) is 39.9 Å². The number of hydrogen-bond acceptors (Lipinski definition) is 13. The summed E-state index contributed by atoms with van der Waals surface area (Å²) in [7, 11) is 0. The smallest absolute Gasteiger partial charge is 0.322 e. The molecule has 6 heterocycles. The number of aromatic nitrogens is 8. The number of carbonyl (C=O) groups is 2. The predicted molar refractivity (Wildman–Crippen MR) is 236 cm³/mol. The normalized spacial score (nSPS) is 12.3. The SMILES string of the molecule is Nc1ccc2cccnc2c1.O=C(CNc1nc(-c2ccccn2)nc2c1CCC2)Nc1ccc2cccnc2c1.O=C(O)CNc1nc(-c2ccccn2)nc2c1CCC2. The Morgan fingerprint density at radius 2 is 1.11 bits per heavy atom. The molecule has 0 radical (unpaired) electrons. The van der Waals surface area contributed by atoms with Gasteiger partial charge in [-0.2, -0.15) is 0 Å². The lowest BCUT2D eigenvalue weighted by molar-refractivity contribution is -0.135. The number of carboxylic acid groups (broad SMARTS) is 1. The fraction of sp³-hybridized carbons (Fsp3) is 0.174. The molecule has 6 N–H and O–H groups in total. The fourth-order valence-corrected chi connectivity index (χ4v) is 7.13. The van der Waals surface area contributed by atoms with E-state index in [1.165, 1.54) is 0 Å². The monoisotopic (exact) mass is 810 g/mol. The molecule has 2 aromatic carbocycles. The number of fused-ring (bicyclic) bond motifs is 4. The topological polar surface area (TPSA) is 220 Å². The van der Waals surface area contributed by atoms with Crippen LogP contribution in [0.15, 0.2) is 122 Å². The van der Waals surface area contributed by atoms with Gasteiger partial charge in [0.2, 0.25) is 5.91 Å². The van der Waals surface area contributed by atoms with E-state index in [1.807, 2.05) is 97.1 Å². The van der Waals surface area contributed by atoms with Crippen LogP contribution in [0, 0.1) is 0 Å². The number of rotatable bonds is 9. The number of pyridine rings is 4. The van der Waals surface area contributed by atoms with Crippen molar-refractivity contribution in [3.63, 3.8) is 0 Å². The number of carbonyl (C=O) groups excluding carboxylic acids is 1. The minimum Gasteiger partial charge on any atom is -0.480 e. The van der Waals surface area contributed by atoms with Crippen LogP contribution in [0.4, 0.5) is 23.0 Å². The Balaban J connectivity index is 0.000000142. The number of benzene rings is 2. The zero-order valence-corrected chi connectivity index (χ0v) is 33.1. The molecule has 61 heavy (non-hydrogen) atoms. The summed E-state index contributed by atoms with van der Waals surface area (Å²) in [6.45, 7) is -0.0313. The molecule has 0 aliphatic heterocycles. The van der Waals surface area contributed by atoms with Crippen LogP contribution in [0.2, 0.25) is 0 Å². The van der Waals surface area contributed by atoms with Crippen LogP contribution >= 0.6 is 0 Å². The second-order valence-electron chi connectivity index (χ2n) is 14.3. The number of aliphatic carboxylic acids is 1. The van der Waals surface area contributed by atoms with E-state index < -0.39 is 5.97 Å². The summed E-state index contributed by atoms with van der Waals surface area (Å²) >= 11 is 0. The molecular weight excluding hydrogens is 769 g/mol. The van der Waals surface area contributed by atoms with Gasteiger partial charge in [-0.15, -0.1) is 0 Å². The van der Waals surface area contributed by atoms with Gasteiger partial charge < -0.3 is 26.8 Å². The molecule has 0 unspecified atom stereocenters. The number of nitrogens with two attached hydrogens (primary N) is 1. The zero-order chi connectivity index (χ0) is 42.0. The number of anilines is 4. The van der Waals surface area contributed by atoms with Crippen LogP contribution in [0.1, 0.15) is 35.4 Å². The molecule has 2 aliphatic carbocycles. The maximum atomic E-state index is 12.5. The summed E-state index contributed by atoms with van der Waals surface area (Å²) < 4.78 is 0. The third kappa shape index (κ3) is 10.0. The number of hydrogen-bond donors (Lipinski definition) is 5. The van der Waals surface area contributed by atoms with E-state index in [4.69, 9.17) is 10.8 Å². The Labute approximate surface area is 351 Å². The van der Waals surface area contributed by atoms with Crippen LogP contribution < -0.4 is 21.7 Å². The largest absolute Gasteiger partial charge is 0.480 e. The molecule has 15 nitrogen and oxygen atoms in total. The Morgan fingerprint density at radius 3 is 1.67 bits per heavy atom. The van der Waals surface area contributed by atoms with E-state index >= 15 is 0 Å². The summed E-state index contributed by atoms with van der Waals surface area (Å²) in [6, 6.07) is 30.5. The van der Waals surface area contributed by atoms with Gasteiger partial charge in [0.05, 0.1) is 17.6 Å². The molecule has 0 bridgehead atoms. The quantitative estimate of drug-likeness (QED) is 0.0931. The van der Waals surface area contributed by atoms with Gasteiger partial charge in [-0.25, -0.2) is 19.9 Å². The number of aryl methyl sites for hydroxylation is 2. The Bertz CT molecular complexity index is 2830. The summed E-state index contributed by atoms with van der Waals surface area (Å²) in [5.41, 5.74) is 14.4. The summed E-state index contributed by atoms with van der Waals surface area (Å²) in [5, 5.41) is 20.0. The number of amides is 1. The van der Waals surface area contributed by atoms with E-state index in [1.54, 1.807) is 24.8 Å². The van der Waals surface area contributed by atoms with Gasteiger partial charge in [0, 0.05) is 69.4 Å². The highest BCUT2D eigenvalue weighted by molar-refractivity contribution is 5.95. The first-order valence-electron chi connectivity index (χ1n) is 19.9. The Morgan fingerprint density at radius 1 is 0.574 bits per heavy atom. The maximum absolute atomic E-state index is 12.5. The van der Waals surface area contributed by atoms with Crippen LogP contribution in [-0.4, -0.2) is 69.9 Å². The lowest BCUT2D eigenvalue weighted by Gasteiger charge is -2.12. The maximum Gasteiger partial charge on any atom is 0.322 e. The molecule has 2 aliphatic rings. The van der Waals surface area contributed by atoms with Gasteiger partial charge in [-0.3, -0.25) is 29.5 Å². The first kappa shape index (κ1) is 39.9. The highest BCUT2D eigenvalue weighted by Gasteiger charge is 2.22. The van der Waals surface area contributed by atoms with Crippen molar-refractivity contribution in [3.05, 3.63) is 144 Å². The zero-order valence-electron chi connectivity index (χ0n) is 33.1. The van der Waals surface area contributed by atoms with Crippen molar-refractivity contribution in [2.24, 2.45) is 0 Å². The molecule has 0 saturated heterocycles. The van der Waals surface area contributed by atoms with E-state index in [9.17, 15) is 9.59 Å². The number of carboxylic acids is 1. The average molecular weight is 811 g/mol. The van der Waals surface area contributed by atoms with Crippen molar-refractivity contribution in [1.29, 1.82) is 0 Å². The van der Waals surface area contributed by atoms with Crippen molar-refractivity contribution >= 4 is 56.7 Å². The van der Waals surface area contributed by atoms with E-state index in [-0.39, 0.29) is 19.0 Å². The minimum atomic E-state index is -0.908. The van der Waals surface area contributed by atoms with Gasteiger partial charge in [-0.05, 0) is 99.2 Å². The lowest BCUT2D eigenvalue weighted by atomic mass is 10.2. The van der Waals surface area contributed by atoms with Gasteiger partial charge >= 0.3 is 5.97 Å². The molecule has 0 atom stereocenters. The van der Waals surface area contributed by atoms with E-state index in [2.05, 4.69) is 55.8 Å². The molecule has 10 rings (SSSR count). The molecule has 15 heteroatoms. The number of nitrogens with one attached hydrogen (secondary N) is 3. The average Bonchev–Trinajstić information content (AvgIpc) is 3.99. The van der Waals surface area contributed by atoms with Gasteiger partial charge in [0.1, 0.15) is 29.6 Å². The highest BCUT2D eigenvalue weighted by Crippen LogP contribution is 2.30. The summed E-state index contributed by atoms with van der Waals surface area (Å²) in [5.74, 6) is 1.41. The summed E-state index contributed by atoms with van der Waals surface area (Å²) in [6.07, 6.45) is 12.6. The first-order chi connectivity index (χ1) is 29.9. The molecule has 1 amide bonds. The van der Waals surface area contributed by atoms with Crippen LogP contribution in [0.25, 0.3) is 44.8 Å².